The van der Waals surface area contributed by atoms with Crippen molar-refractivity contribution >= 4 is 17.8 Å². The van der Waals surface area contributed by atoms with Crippen LogP contribution in [0.1, 0.15) is 44.9 Å². The lowest BCUT2D eigenvalue weighted by Crippen LogP contribution is -2.52. The smallest absolute Gasteiger partial charge is 0.305 e. The van der Waals surface area contributed by atoms with Crippen molar-refractivity contribution in [3.05, 3.63) is 0 Å². The minimum Gasteiger partial charge on any atom is -0.481 e. The van der Waals surface area contributed by atoms with Crippen molar-refractivity contribution in [2.24, 2.45) is 11.7 Å². The summed E-state index contributed by atoms with van der Waals surface area (Å²) in [6, 6.07) is -1.60. The Labute approximate surface area is 124 Å². The first-order valence-corrected chi connectivity index (χ1v) is 7.42. The van der Waals surface area contributed by atoms with Gasteiger partial charge in [0.25, 0.3) is 0 Å². The summed E-state index contributed by atoms with van der Waals surface area (Å²) in [5.41, 5.74) is 5.35. The zero-order chi connectivity index (χ0) is 15.8. The Morgan fingerprint density at radius 3 is 2.29 bits per heavy atom. The number of hydrogen-bond donors (Lipinski definition) is 4. The highest BCUT2D eigenvalue weighted by atomic mass is 16.4. The van der Waals surface area contributed by atoms with E-state index < -0.39 is 29.9 Å². The third-order valence-electron chi connectivity index (χ3n) is 4.00. The number of likely N-dealkylation sites (N-methyl/N-ethyl adjacent to an activating group) is 1. The molecular formula is C14H25N3O4. The summed E-state index contributed by atoms with van der Waals surface area (Å²) >= 11 is 0. The van der Waals surface area contributed by atoms with Gasteiger partial charge < -0.3 is 21.5 Å². The Balaban J connectivity index is 2.57. The van der Waals surface area contributed by atoms with Gasteiger partial charge in [-0.25, -0.2) is 0 Å². The highest BCUT2D eigenvalue weighted by Gasteiger charge is 2.27. The molecule has 0 aromatic heterocycles. The highest BCUT2D eigenvalue weighted by molar-refractivity contribution is 5.90. The number of carbonyl (C=O) groups is 3. The molecule has 1 aliphatic rings. The fraction of sp³-hybridized carbons (Fsp3) is 0.786. The Bertz CT molecular complexity index is 380. The zero-order valence-corrected chi connectivity index (χ0v) is 12.4. The van der Waals surface area contributed by atoms with E-state index in [0.29, 0.717) is 12.3 Å². The number of primary amides is 1. The quantitative estimate of drug-likeness (QED) is 0.502. The van der Waals surface area contributed by atoms with Crippen LogP contribution in [-0.2, 0) is 14.4 Å². The second-order valence-electron chi connectivity index (χ2n) is 5.64. The fourth-order valence-corrected chi connectivity index (χ4v) is 2.78. The van der Waals surface area contributed by atoms with Crippen LogP contribution in [0.4, 0.5) is 0 Å². The molecule has 1 fully saturated rings. The van der Waals surface area contributed by atoms with Crippen molar-refractivity contribution < 1.29 is 19.5 Å². The van der Waals surface area contributed by atoms with E-state index in [9.17, 15) is 14.4 Å². The fourth-order valence-electron chi connectivity index (χ4n) is 2.78. The number of carboxylic acids is 1. The van der Waals surface area contributed by atoms with Gasteiger partial charge in [-0.15, -0.1) is 0 Å². The summed E-state index contributed by atoms with van der Waals surface area (Å²) in [6.07, 6.45) is 5.78. The SMILES string of the molecule is CN[C@@H](CC(=O)O)C(=O)N[C@@H](CC1CCCCC1)C(N)=O. The van der Waals surface area contributed by atoms with Gasteiger partial charge in [-0.3, -0.25) is 14.4 Å². The number of carbonyl (C=O) groups excluding carboxylic acids is 2. The first-order chi connectivity index (χ1) is 9.93. The Kier molecular flexibility index (Phi) is 7.14. The van der Waals surface area contributed by atoms with Crippen molar-refractivity contribution in [2.45, 2.75) is 57.0 Å². The summed E-state index contributed by atoms with van der Waals surface area (Å²) in [4.78, 5) is 34.2. The van der Waals surface area contributed by atoms with Crippen LogP contribution in [0, 0.1) is 5.92 Å². The van der Waals surface area contributed by atoms with E-state index >= 15 is 0 Å². The minimum atomic E-state index is -1.08. The molecule has 21 heavy (non-hydrogen) atoms. The summed E-state index contributed by atoms with van der Waals surface area (Å²) in [6.45, 7) is 0. The van der Waals surface area contributed by atoms with Crippen LogP contribution < -0.4 is 16.4 Å². The van der Waals surface area contributed by atoms with Crippen molar-refractivity contribution in [3.63, 3.8) is 0 Å². The molecule has 7 heteroatoms. The van der Waals surface area contributed by atoms with E-state index in [1.54, 1.807) is 0 Å². The van der Waals surface area contributed by atoms with Crippen LogP contribution in [0.5, 0.6) is 0 Å². The summed E-state index contributed by atoms with van der Waals surface area (Å²) in [5, 5.41) is 14.0. The number of amides is 2. The van der Waals surface area contributed by atoms with Gasteiger partial charge in [-0.05, 0) is 19.4 Å². The molecular weight excluding hydrogens is 274 g/mol. The zero-order valence-electron chi connectivity index (χ0n) is 12.4. The van der Waals surface area contributed by atoms with Crippen LogP contribution in [0.15, 0.2) is 0 Å². The number of aliphatic carboxylic acids is 1. The molecule has 0 aromatic rings. The van der Waals surface area contributed by atoms with Gasteiger partial charge in [-0.1, -0.05) is 32.1 Å². The van der Waals surface area contributed by atoms with Crippen molar-refractivity contribution in [1.82, 2.24) is 10.6 Å². The van der Waals surface area contributed by atoms with Crippen LogP contribution in [0.2, 0.25) is 0 Å². The highest BCUT2D eigenvalue weighted by Crippen LogP contribution is 2.27. The topological polar surface area (TPSA) is 122 Å². The van der Waals surface area contributed by atoms with Gasteiger partial charge in [0.2, 0.25) is 11.8 Å². The monoisotopic (exact) mass is 299 g/mol. The second kappa shape index (κ2) is 8.61. The third kappa shape index (κ3) is 6.12. The second-order valence-corrected chi connectivity index (χ2v) is 5.64. The molecule has 0 saturated heterocycles. The van der Waals surface area contributed by atoms with E-state index in [1.807, 2.05) is 0 Å². The molecule has 0 heterocycles. The predicted molar refractivity (Wildman–Crippen MR) is 77.4 cm³/mol. The van der Waals surface area contributed by atoms with E-state index in [-0.39, 0.29) is 6.42 Å². The maximum atomic E-state index is 12.0. The molecule has 2 atom stereocenters. The molecule has 0 spiro atoms. The largest absolute Gasteiger partial charge is 0.481 e. The number of rotatable bonds is 8. The van der Waals surface area contributed by atoms with E-state index in [4.69, 9.17) is 10.8 Å². The van der Waals surface area contributed by atoms with Crippen LogP contribution in [0.3, 0.4) is 0 Å². The molecule has 1 aliphatic carbocycles. The molecule has 0 bridgehead atoms. The average Bonchev–Trinajstić information content (AvgIpc) is 2.44. The first-order valence-electron chi connectivity index (χ1n) is 7.42. The van der Waals surface area contributed by atoms with E-state index in [2.05, 4.69) is 10.6 Å². The van der Waals surface area contributed by atoms with Gasteiger partial charge >= 0.3 is 5.97 Å². The molecule has 1 rings (SSSR count). The average molecular weight is 299 g/mol. The first kappa shape index (κ1) is 17.4. The van der Waals surface area contributed by atoms with Gasteiger partial charge in [0.1, 0.15) is 6.04 Å². The van der Waals surface area contributed by atoms with Crippen molar-refractivity contribution in [2.75, 3.05) is 7.05 Å². The maximum absolute atomic E-state index is 12.0. The van der Waals surface area contributed by atoms with E-state index in [0.717, 1.165) is 25.7 Å². The molecule has 0 aliphatic heterocycles. The molecule has 0 unspecified atom stereocenters. The van der Waals surface area contributed by atoms with Crippen LogP contribution in [-0.4, -0.2) is 42.0 Å². The van der Waals surface area contributed by atoms with Crippen LogP contribution >= 0.6 is 0 Å². The van der Waals surface area contributed by atoms with Crippen LogP contribution in [0.25, 0.3) is 0 Å². The maximum Gasteiger partial charge on any atom is 0.305 e. The third-order valence-corrected chi connectivity index (χ3v) is 4.00. The Morgan fingerprint density at radius 2 is 1.81 bits per heavy atom. The molecule has 7 nitrogen and oxygen atoms in total. The minimum absolute atomic E-state index is 0.336. The van der Waals surface area contributed by atoms with Gasteiger partial charge in [0, 0.05) is 0 Å². The number of hydrogen-bond acceptors (Lipinski definition) is 4. The lowest BCUT2D eigenvalue weighted by atomic mass is 9.84. The Morgan fingerprint density at radius 1 is 1.19 bits per heavy atom. The molecule has 2 amide bonds. The lowest BCUT2D eigenvalue weighted by molar-refractivity contribution is -0.140. The number of nitrogens with two attached hydrogens (primary N) is 1. The molecule has 120 valence electrons. The lowest BCUT2D eigenvalue weighted by Gasteiger charge is -2.26. The molecule has 0 radical (unpaired) electrons. The van der Waals surface area contributed by atoms with Crippen molar-refractivity contribution in [1.29, 1.82) is 0 Å². The molecule has 0 aromatic carbocycles. The van der Waals surface area contributed by atoms with Gasteiger partial charge in [0.05, 0.1) is 12.5 Å². The Hall–Kier alpha value is -1.63. The number of nitrogens with one attached hydrogen (secondary N) is 2. The number of carboxylic acid groups (broad SMARTS) is 1. The van der Waals surface area contributed by atoms with Gasteiger partial charge in [0.15, 0.2) is 0 Å². The van der Waals surface area contributed by atoms with E-state index in [1.165, 1.54) is 13.5 Å². The predicted octanol–water partition coefficient (Wildman–Crippen LogP) is -0.0104. The summed E-state index contributed by atoms with van der Waals surface area (Å²) in [7, 11) is 1.51. The van der Waals surface area contributed by atoms with Gasteiger partial charge in [-0.2, -0.15) is 0 Å². The summed E-state index contributed by atoms with van der Waals surface area (Å²) < 4.78 is 0. The molecule has 5 N–H and O–H groups in total. The molecule has 1 saturated carbocycles. The normalized spacial score (nSPS) is 18.7. The van der Waals surface area contributed by atoms with Crippen molar-refractivity contribution in [3.8, 4) is 0 Å². The standard InChI is InChI=1S/C14H25N3O4/c1-16-11(8-12(18)19)14(21)17-10(13(15)20)7-9-5-3-2-4-6-9/h9-11,16H,2-8H2,1H3,(H2,15,20)(H,17,21)(H,18,19)/t10-,11-/m0/s1. The summed E-state index contributed by atoms with van der Waals surface area (Å²) in [5.74, 6) is -1.75.